The van der Waals surface area contributed by atoms with E-state index in [0.717, 1.165) is 34.6 Å². The first-order chi connectivity index (χ1) is 17.0. The molecule has 0 spiro atoms. The summed E-state index contributed by atoms with van der Waals surface area (Å²) in [5.41, 5.74) is 0.616. The maximum absolute atomic E-state index is 12.1. The SMILES string of the molecule is CC(=O)OCC(OC(C)=O)C(OC(C)=O)C(OC(C)=O)C(OC(C)=O)c1cnn(-c2ccccc2)n1. The lowest BCUT2D eigenvalue weighted by molar-refractivity contribution is -0.203. The van der Waals surface area contributed by atoms with Crippen LogP contribution in [0.2, 0.25) is 0 Å². The van der Waals surface area contributed by atoms with Gasteiger partial charge >= 0.3 is 29.8 Å². The van der Waals surface area contributed by atoms with Gasteiger partial charge in [-0.2, -0.15) is 9.90 Å². The average molecular weight is 505 g/mol. The highest BCUT2D eigenvalue weighted by Gasteiger charge is 2.45. The third-order valence-electron chi connectivity index (χ3n) is 4.44. The van der Waals surface area contributed by atoms with Gasteiger partial charge in [0.1, 0.15) is 12.3 Å². The van der Waals surface area contributed by atoms with Gasteiger partial charge in [-0.3, -0.25) is 24.0 Å². The number of para-hydroxylation sites is 1. The molecule has 4 atom stereocenters. The molecule has 194 valence electrons. The summed E-state index contributed by atoms with van der Waals surface area (Å²) in [6, 6.07) is 8.78. The fraction of sp³-hybridized carbons (Fsp3) is 0.435. The van der Waals surface area contributed by atoms with E-state index < -0.39 is 60.9 Å². The van der Waals surface area contributed by atoms with E-state index >= 15 is 0 Å². The largest absolute Gasteiger partial charge is 0.462 e. The molecule has 13 nitrogen and oxygen atoms in total. The average Bonchev–Trinajstić information content (AvgIpc) is 3.27. The van der Waals surface area contributed by atoms with Crippen LogP contribution in [0.1, 0.15) is 46.4 Å². The highest BCUT2D eigenvalue weighted by atomic mass is 16.6. The molecule has 1 aromatic carbocycles. The molecule has 0 saturated heterocycles. The van der Waals surface area contributed by atoms with Gasteiger partial charge in [0.05, 0.1) is 11.9 Å². The smallest absolute Gasteiger partial charge is 0.303 e. The number of esters is 5. The summed E-state index contributed by atoms with van der Waals surface area (Å²) in [6.07, 6.45) is -4.75. The van der Waals surface area contributed by atoms with Gasteiger partial charge in [0.15, 0.2) is 24.4 Å². The molecule has 2 rings (SSSR count). The summed E-state index contributed by atoms with van der Waals surface area (Å²) in [5.74, 6) is -3.97. The first-order valence-electron chi connectivity index (χ1n) is 10.8. The van der Waals surface area contributed by atoms with Crippen molar-refractivity contribution in [3.05, 3.63) is 42.2 Å². The molecule has 4 unspecified atom stereocenters. The summed E-state index contributed by atoms with van der Waals surface area (Å²) in [5, 5.41) is 8.48. The Morgan fingerprint density at radius 1 is 0.750 bits per heavy atom. The lowest BCUT2D eigenvalue weighted by Crippen LogP contribution is -2.50. The number of hydrogen-bond acceptors (Lipinski definition) is 12. The summed E-state index contributed by atoms with van der Waals surface area (Å²) in [4.78, 5) is 60.5. The van der Waals surface area contributed by atoms with Crippen molar-refractivity contribution in [1.29, 1.82) is 0 Å². The van der Waals surface area contributed by atoms with Crippen LogP contribution in [0, 0.1) is 0 Å². The summed E-state index contributed by atoms with van der Waals surface area (Å²) in [6.45, 7) is 4.93. The Balaban J connectivity index is 2.60. The Kier molecular flexibility index (Phi) is 10.1. The van der Waals surface area contributed by atoms with E-state index in [-0.39, 0.29) is 5.69 Å². The van der Waals surface area contributed by atoms with Crippen molar-refractivity contribution in [3.63, 3.8) is 0 Å². The predicted octanol–water partition coefficient (Wildman–Crippen LogP) is 1.23. The van der Waals surface area contributed by atoms with E-state index in [1.54, 1.807) is 30.3 Å². The Morgan fingerprint density at radius 3 is 1.83 bits per heavy atom. The molecule has 0 aliphatic heterocycles. The molecule has 1 heterocycles. The Morgan fingerprint density at radius 2 is 1.31 bits per heavy atom. The van der Waals surface area contributed by atoms with Gasteiger partial charge in [-0.25, -0.2) is 0 Å². The number of aromatic nitrogens is 3. The van der Waals surface area contributed by atoms with E-state index in [1.807, 2.05) is 0 Å². The number of rotatable bonds is 11. The number of benzene rings is 1. The summed E-state index contributed by atoms with van der Waals surface area (Å²) >= 11 is 0. The van der Waals surface area contributed by atoms with Crippen molar-refractivity contribution < 1.29 is 47.7 Å². The Hall–Kier alpha value is -4.29. The maximum atomic E-state index is 12.1. The summed E-state index contributed by atoms with van der Waals surface area (Å²) in [7, 11) is 0. The van der Waals surface area contributed by atoms with Crippen LogP contribution < -0.4 is 0 Å². The van der Waals surface area contributed by atoms with Crippen molar-refractivity contribution in [2.75, 3.05) is 6.61 Å². The number of carbonyl (C=O) groups excluding carboxylic acids is 5. The highest BCUT2D eigenvalue weighted by molar-refractivity contribution is 5.69. The van der Waals surface area contributed by atoms with Gasteiger partial charge in [-0.15, -0.1) is 5.10 Å². The van der Waals surface area contributed by atoms with Crippen molar-refractivity contribution in [1.82, 2.24) is 15.0 Å². The standard InChI is InChI=1S/C23H27N3O10/c1-13(27)32-12-20(33-14(2)28)22(35-16(4)30)23(36-17(5)31)21(34-15(3)29)19-11-24-26(25-19)18-9-7-6-8-10-18/h6-11,20-23H,12H2,1-5H3. The highest BCUT2D eigenvalue weighted by Crippen LogP contribution is 2.29. The fourth-order valence-corrected chi connectivity index (χ4v) is 3.21. The molecule has 0 saturated carbocycles. The van der Waals surface area contributed by atoms with Crippen LogP contribution in [-0.2, 0) is 47.7 Å². The lowest BCUT2D eigenvalue weighted by atomic mass is 10.00. The number of ether oxygens (including phenoxy) is 5. The van der Waals surface area contributed by atoms with E-state index in [4.69, 9.17) is 23.7 Å². The van der Waals surface area contributed by atoms with Gasteiger partial charge < -0.3 is 23.7 Å². The van der Waals surface area contributed by atoms with Gasteiger partial charge in [-0.05, 0) is 12.1 Å². The van der Waals surface area contributed by atoms with Crippen LogP contribution in [0.15, 0.2) is 36.5 Å². The van der Waals surface area contributed by atoms with Crippen LogP contribution in [0.3, 0.4) is 0 Å². The molecule has 0 fully saturated rings. The lowest BCUT2D eigenvalue weighted by Gasteiger charge is -2.34. The molecule has 0 aliphatic carbocycles. The van der Waals surface area contributed by atoms with Crippen molar-refractivity contribution in [3.8, 4) is 5.69 Å². The van der Waals surface area contributed by atoms with E-state index in [0.29, 0.717) is 5.69 Å². The zero-order valence-electron chi connectivity index (χ0n) is 20.4. The number of carbonyl (C=O) groups is 5. The molecule has 0 radical (unpaired) electrons. The molecule has 1 aromatic heterocycles. The monoisotopic (exact) mass is 505 g/mol. The van der Waals surface area contributed by atoms with Crippen LogP contribution in [-0.4, -0.2) is 69.8 Å². The molecule has 0 amide bonds. The maximum Gasteiger partial charge on any atom is 0.303 e. The molecule has 2 aromatic rings. The third kappa shape index (κ3) is 8.49. The predicted molar refractivity (Wildman–Crippen MR) is 119 cm³/mol. The minimum absolute atomic E-state index is 0.0338. The van der Waals surface area contributed by atoms with E-state index in [1.165, 1.54) is 11.0 Å². The fourth-order valence-electron chi connectivity index (χ4n) is 3.21. The third-order valence-corrected chi connectivity index (χ3v) is 4.44. The topological polar surface area (TPSA) is 162 Å². The van der Waals surface area contributed by atoms with Crippen LogP contribution in [0.25, 0.3) is 5.69 Å². The van der Waals surface area contributed by atoms with Crippen molar-refractivity contribution in [2.24, 2.45) is 0 Å². The van der Waals surface area contributed by atoms with Crippen LogP contribution in [0.5, 0.6) is 0 Å². The second kappa shape index (κ2) is 13.0. The molecule has 36 heavy (non-hydrogen) atoms. The van der Waals surface area contributed by atoms with Gasteiger partial charge in [0.25, 0.3) is 0 Å². The first-order valence-corrected chi connectivity index (χ1v) is 10.8. The number of hydrogen-bond donors (Lipinski definition) is 0. The van der Waals surface area contributed by atoms with Gasteiger partial charge in [0, 0.05) is 34.6 Å². The molecule has 0 bridgehead atoms. The van der Waals surface area contributed by atoms with E-state index in [2.05, 4.69) is 10.2 Å². The molecule has 0 aliphatic rings. The minimum atomic E-state index is -1.57. The molecule has 0 N–H and O–H groups in total. The zero-order valence-corrected chi connectivity index (χ0v) is 20.4. The summed E-state index contributed by atoms with van der Waals surface area (Å²) < 4.78 is 26.4. The molecule has 13 heteroatoms. The second-order valence-electron chi connectivity index (χ2n) is 7.52. The molecular weight excluding hydrogens is 478 g/mol. The van der Waals surface area contributed by atoms with Gasteiger partial charge in [-0.1, -0.05) is 18.2 Å². The van der Waals surface area contributed by atoms with Crippen molar-refractivity contribution >= 4 is 29.8 Å². The zero-order chi connectivity index (χ0) is 26.8. The molecular formula is C23H27N3O10. The van der Waals surface area contributed by atoms with E-state index in [9.17, 15) is 24.0 Å². The number of nitrogens with zero attached hydrogens (tertiary/aromatic N) is 3. The first kappa shape index (κ1) is 28.0. The second-order valence-corrected chi connectivity index (χ2v) is 7.52. The van der Waals surface area contributed by atoms with Gasteiger partial charge in [0.2, 0.25) is 0 Å². The Labute approximate surface area is 206 Å². The quantitative estimate of drug-likeness (QED) is 0.317. The van der Waals surface area contributed by atoms with Crippen LogP contribution in [0.4, 0.5) is 0 Å². The normalized spacial score (nSPS) is 13.9. The Bertz CT molecular complexity index is 1080. The van der Waals surface area contributed by atoms with Crippen LogP contribution >= 0.6 is 0 Å². The van der Waals surface area contributed by atoms with Crippen molar-refractivity contribution in [2.45, 2.75) is 59.0 Å². The minimum Gasteiger partial charge on any atom is -0.462 e.